The van der Waals surface area contributed by atoms with Crippen LogP contribution in [-0.2, 0) is 18.0 Å². The quantitative estimate of drug-likeness (QED) is 0.208. The number of hydrogen-bond acceptors (Lipinski definition) is 7. The van der Waals surface area contributed by atoms with Crippen molar-refractivity contribution in [2.45, 2.75) is 58.5 Å². The maximum absolute atomic E-state index is 12.5. The molecule has 1 amide bonds. The fourth-order valence-electron chi connectivity index (χ4n) is 4.99. The first-order valence-corrected chi connectivity index (χ1v) is 14.8. The number of aromatic nitrogens is 2. The predicted molar refractivity (Wildman–Crippen MR) is 168 cm³/mol. The van der Waals surface area contributed by atoms with Crippen molar-refractivity contribution in [3.63, 3.8) is 0 Å². The molecule has 0 saturated carbocycles. The molecule has 8 heteroatoms. The first kappa shape index (κ1) is 29.9. The molecule has 1 saturated heterocycles. The number of anilines is 1. The van der Waals surface area contributed by atoms with E-state index in [1.807, 2.05) is 113 Å². The Bertz CT molecular complexity index is 1470. The molecule has 0 radical (unpaired) electrons. The third kappa shape index (κ3) is 8.25. The van der Waals surface area contributed by atoms with Crippen LogP contribution in [0.25, 0.3) is 11.1 Å². The molecule has 224 valence electrons. The molecule has 3 heterocycles. The van der Waals surface area contributed by atoms with Gasteiger partial charge in [-0.2, -0.15) is 4.98 Å². The molecule has 0 atom stereocenters. The second-order valence-corrected chi connectivity index (χ2v) is 11.8. The second-order valence-electron chi connectivity index (χ2n) is 11.8. The van der Waals surface area contributed by atoms with Gasteiger partial charge in [0, 0.05) is 49.6 Å². The molecule has 43 heavy (non-hydrogen) atoms. The summed E-state index contributed by atoms with van der Waals surface area (Å²) in [6, 6.07) is 28.1. The standard InChI is InChI=1S/C35H40N4O4/c1-35(2,3)43-34(40)38(4)29-19-21-39(22-20-29)31-17-15-28(23-36-31)30-16-18-32(41-24-26-11-7-5-8-12-26)37-33(30)42-25-27-13-9-6-10-14-27/h5-18,23,29H,19-22,24-25H2,1-4H3. The van der Waals surface area contributed by atoms with Crippen molar-refractivity contribution >= 4 is 11.9 Å². The van der Waals surface area contributed by atoms with Crippen molar-refractivity contribution in [2.75, 3.05) is 25.0 Å². The van der Waals surface area contributed by atoms with Crippen molar-refractivity contribution in [3.05, 3.63) is 102 Å². The van der Waals surface area contributed by atoms with Crippen LogP contribution in [0.4, 0.5) is 10.6 Å². The average molecular weight is 581 g/mol. The summed E-state index contributed by atoms with van der Waals surface area (Å²) < 4.78 is 17.8. The fraction of sp³-hybridized carbons (Fsp3) is 0.343. The Morgan fingerprint density at radius 2 is 1.49 bits per heavy atom. The van der Waals surface area contributed by atoms with E-state index < -0.39 is 5.60 Å². The van der Waals surface area contributed by atoms with Gasteiger partial charge < -0.3 is 24.0 Å². The molecule has 0 spiro atoms. The molecule has 2 aromatic carbocycles. The molecule has 2 aromatic heterocycles. The Labute approximate surface area is 254 Å². The van der Waals surface area contributed by atoms with E-state index in [2.05, 4.69) is 11.0 Å². The minimum Gasteiger partial charge on any atom is -0.473 e. The topological polar surface area (TPSA) is 77.0 Å². The van der Waals surface area contributed by atoms with Crippen LogP contribution in [0.2, 0.25) is 0 Å². The number of piperidine rings is 1. The summed E-state index contributed by atoms with van der Waals surface area (Å²) in [6.07, 6.45) is 3.30. The summed E-state index contributed by atoms with van der Waals surface area (Å²) in [6.45, 7) is 8.10. The Morgan fingerprint density at radius 1 is 0.860 bits per heavy atom. The number of pyridine rings is 2. The van der Waals surface area contributed by atoms with Crippen molar-refractivity contribution in [1.29, 1.82) is 0 Å². The number of nitrogens with zero attached hydrogens (tertiary/aromatic N) is 4. The number of ether oxygens (including phenoxy) is 3. The van der Waals surface area contributed by atoms with E-state index >= 15 is 0 Å². The van der Waals surface area contributed by atoms with Gasteiger partial charge in [0.25, 0.3) is 0 Å². The van der Waals surface area contributed by atoms with Gasteiger partial charge >= 0.3 is 6.09 Å². The first-order valence-electron chi connectivity index (χ1n) is 14.8. The average Bonchev–Trinajstić information content (AvgIpc) is 3.03. The third-order valence-corrected chi connectivity index (χ3v) is 7.36. The van der Waals surface area contributed by atoms with Crippen molar-refractivity contribution < 1.29 is 19.0 Å². The zero-order chi connectivity index (χ0) is 30.2. The number of benzene rings is 2. The van der Waals surface area contributed by atoms with Crippen molar-refractivity contribution in [1.82, 2.24) is 14.9 Å². The number of carbonyl (C=O) groups is 1. The highest BCUT2D eigenvalue weighted by molar-refractivity contribution is 5.70. The summed E-state index contributed by atoms with van der Waals surface area (Å²) in [5.41, 5.74) is 3.38. The molecular formula is C35H40N4O4. The Kier molecular flexibility index (Phi) is 9.45. The summed E-state index contributed by atoms with van der Waals surface area (Å²) in [4.78, 5) is 26.0. The number of carbonyl (C=O) groups excluding carboxylic acids is 1. The van der Waals surface area contributed by atoms with Crippen LogP contribution in [0.3, 0.4) is 0 Å². The van der Waals surface area contributed by atoms with Gasteiger partial charge in [0.05, 0.1) is 0 Å². The van der Waals surface area contributed by atoms with Gasteiger partial charge in [0.15, 0.2) is 0 Å². The second kappa shape index (κ2) is 13.6. The molecule has 0 N–H and O–H groups in total. The van der Waals surface area contributed by atoms with Gasteiger partial charge in [0.1, 0.15) is 24.6 Å². The first-order chi connectivity index (χ1) is 20.7. The van der Waals surface area contributed by atoms with Crippen LogP contribution in [0.1, 0.15) is 44.7 Å². The smallest absolute Gasteiger partial charge is 0.410 e. The Morgan fingerprint density at radius 3 is 2.07 bits per heavy atom. The summed E-state index contributed by atoms with van der Waals surface area (Å²) >= 11 is 0. The van der Waals surface area contributed by atoms with Gasteiger partial charge in [0.2, 0.25) is 11.8 Å². The van der Waals surface area contributed by atoms with Crippen LogP contribution in [-0.4, -0.2) is 52.7 Å². The molecule has 0 bridgehead atoms. The lowest BCUT2D eigenvalue weighted by atomic mass is 10.0. The van der Waals surface area contributed by atoms with E-state index in [0.29, 0.717) is 25.0 Å². The zero-order valence-corrected chi connectivity index (χ0v) is 25.4. The fourth-order valence-corrected chi connectivity index (χ4v) is 4.99. The molecule has 4 aromatic rings. The van der Waals surface area contributed by atoms with Crippen LogP contribution < -0.4 is 14.4 Å². The van der Waals surface area contributed by atoms with Crippen LogP contribution >= 0.6 is 0 Å². The van der Waals surface area contributed by atoms with Gasteiger partial charge in [-0.05, 0) is 62.9 Å². The van der Waals surface area contributed by atoms with E-state index in [1.165, 1.54) is 0 Å². The number of hydrogen-bond donors (Lipinski definition) is 0. The van der Waals surface area contributed by atoms with Gasteiger partial charge in [-0.25, -0.2) is 9.78 Å². The lowest BCUT2D eigenvalue weighted by Crippen LogP contribution is -2.47. The van der Waals surface area contributed by atoms with E-state index in [4.69, 9.17) is 24.2 Å². The lowest BCUT2D eigenvalue weighted by molar-refractivity contribution is 0.0201. The minimum atomic E-state index is -0.505. The third-order valence-electron chi connectivity index (χ3n) is 7.36. The molecule has 1 aliphatic rings. The monoisotopic (exact) mass is 580 g/mol. The minimum absolute atomic E-state index is 0.142. The molecular weight excluding hydrogens is 540 g/mol. The van der Waals surface area contributed by atoms with Crippen molar-refractivity contribution in [2.24, 2.45) is 0 Å². The molecule has 1 fully saturated rings. The van der Waals surface area contributed by atoms with Crippen LogP contribution in [0.15, 0.2) is 91.1 Å². The molecule has 0 unspecified atom stereocenters. The lowest BCUT2D eigenvalue weighted by Gasteiger charge is -2.37. The molecule has 5 rings (SSSR count). The normalized spacial score (nSPS) is 13.8. The summed E-state index contributed by atoms with van der Waals surface area (Å²) in [5.74, 6) is 1.90. The maximum Gasteiger partial charge on any atom is 0.410 e. The number of rotatable bonds is 9. The highest BCUT2D eigenvalue weighted by Gasteiger charge is 2.29. The SMILES string of the molecule is CN(C(=O)OC(C)(C)C)C1CCN(c2ccc(-c3ccc(OCc4ccccc4)nc3OCc3ccccc3)cn2)CC1. The largest absolute Gasteiger partial charge is 0.473 e. The van der Waals surface area contributed by atoms with Crippen LogP contribution in [0.5, 0.6) is 11.8 Å². The Balaban J connectivity index is 1.27. The number of amides is 1. The van der Waals surface area contributed by atoms with Gasteiger partial charge in [-0.3, -0.25) is 0 Å². The summed E-state index contributed by atoms with van der Waals surface area (Å²) in [5, 5.41) is 0. The van der Waals surface area contributed by atoms with Gasteiger partial charge in [-0.1, -0.05) is 60.7 Å². The summed E-state index contributed by atoms with van der Waals surface area (Å²) in [7, 11) is 1.82. The maximum atomic E-state index is 12.5. The van der Waals surface area contributed by atoms with Crippen molar-refractivity contribution in [3.8, 4) is 22.9 Å². The van der Waals surface area contributed by atoms with Crippen LogP contribution in [0, 0.1) is 0 Å². The highest BCUT2D eigenvalue weighted by Crippen LogP contribution is 2.32. The zero-order valence-electron chi connectivity index (χ0n) is 25.4. The molecule has 1 aliphatic heterocycles. The predicted octanol–water partition coefficient (Wildman–Crippen LogP) is 7.14. The highest BCUT2D eigenvalue weighted by atomic mass is 16.6. The molecule has 0 aliphatic carbocycles. The van der Waals surface area contributed by atoms with E-state index in [1.54, 1.807) is 4.90 Å². The van der Waals surface area contributed by atoms with Gasteiger partial charge in [-0.15, -0.1) is 0 Å². The van der Waals surface area contributed by atoms with E-state index in [-0.39, 0.29) is 12.1 Å². The van der Waals surface area contributed by atoms with E-state index in [0.717, 1.165) is 54.0 Å². The Hall–Kier alpha value is -4.59. The molecule has 8 nitrogen and oxygen atoms in total. The van der Waals surface area contributed by atoms with E-state index in [9.17, 15) is 4.79 Å².